The van der Waals surface area contributed by atoms with Gasteiger partial charge >= 0.3 is 0 Å². The molecule has 0 bridgehead atoms. The number of benzene rings is 1. The second-order valence-corrected chi connectivity index (χ2v) is 5.28. The zero-order chi connectivity index (χ0) is 11.0. The highest BCUT2D eigenvalue weighted by Gasteiger charge is 2.50. The van der Waals surface area contributed by atoms with Crippen LogP contribution in [-0.2, 0) is 6.54 Å². The fraction of sp³-hybridized carbons (Fsp3) is 0.571. The summed E-state index contributed by atoms with van der Waals surface area (Å²) in [6.45, 7) is 1.85. The zero-order valence-electron chi connectivity index (χ0n) is 9.60. The molecule has 2 fully saturated rings. The van der Waals surface area contributed by atoms with Crippen LogP contribution in [0.3, 0.4) is 0 Å². The molecule has 1 aliphatic heterocycles. The van der Waals surface area contributed by atoms with Crippen molar-refractivity contribution in [2.45, 2.75) is 43.9 Å². The van der Waals surface area contributed by atoms with Crippen LogP contribution >= 0.6 is 0 Å². The van der Waals surface area contributed by atoms with Crippen molar-refractivity contribution in [2.75, 3.05) is 6.54 Å². The molecule has 2 nitrogen and oxygen atoms in total. The van der Waals surface area contributed by atoms with Gasteiger partial charge in [0.05, 0.1) is 6.10 Å². The van der Waals surface area contributed by atoms with Crippen molar-refractivity contribution in [2.24, 2.45) is 0 Å². The standard InChI is InChI=1S/C14H19NO/c16-13-6-7-14(8-9-14)15(11-13)10-12-4-2-1-3-5-12/h1-5,13,16H,6-11H2. The molecule has 2 heteroatoms. The fourth-order valence-electron chi connectivity index (χ4n) is 2.88. The minimum absolute atomic E-state index is 0.116. The van der Waals surface area contributed by atoms with Crippen molar-refractivity contribution < 1.29 is 5.11 Å². The molecule has 0 amide bonds. The van der Waals surface area contributed by atoms with Crippen LogP contribution in [0.5, 0.6) is 0 Å². The number of nitrogens with zero attached hydrogens (tertiary/aromatic N) is 1. The Labute approximate surface area is 96.9 Å². The molecule has 0 aromatic heterocycles. The van der Waals surface area contributed by atoms with E-state index in [1.54, 1.807) is 0 Å². The lowest BCUT2D eigenvalue weighted by Crippen LogP contribution is -2.46. The zero-order valence-corrected chi connectivity index (χ0v) is 9.60. The van der Waals surface area contributed by atoms with Gasteiger partial charge in [0, 0.05) is 18.6 Å². The Morgan fingerprint density at radius 3 is 2.62 bits per heavy atom. The normalized spacial score (nSPS) is 28.2. The summed E-state index contributed by atoms with van der Waals surface area (Å²) in [5.41, 5.74) is 1.82. The number of piperidine rings is 1. The molecule has 86 valence electrons. The molecule has 16 heavy (non-hydrogen) atoms. The van der Waals surface area contributed by atoms with Crippen LogP contribution in [0.25, 0.3) is 0 Å². The highest BCUT2D eigenvalue weighted by molar-refractivity contribution is 5.17. The van der Waals surface area contributed by atoms with Crippen molar-refractivity contribution in [3.63, 3.8) is 0 Å². The largest absolute Gasteiger partial charge is 0.392 e. The number of β-amino-alcohol motifs (C(OH)–C–C–N with tert-alkyl or cyclic N) is 1. The van der Waals surface area contributed by atoms with E-state index < -0.39 is 0 Å². The second kappa shape index (κ2) is 3.86. The predicted molar refractivity (Wildman–Crippen MR) is 64.1 cm³/mol. The quantitative estimate of drug-likeness (QED) is 0.820. The fourth-order valence-corrected chi connectivity index (χ4v) is 2.88. The maximum absolute atomic E-state index is 9.78. The second-order valence-electron chi connectivity index (χ2n) is 5.28. The van der Waals surface area contributed by atoms with E-state index >= 15 is 0 Å². The van der Waals surface area contributed by atoms with Gasteiger partial charge in [-0.3, -0.25) is 4.90 Å². The molecule has 1 heterocycles. The highest BCUT2D eigenvalue weighted by atomic mass is 16.3. The van der Waals surface area contributed by atoms with E-state index in [1.807, 2.05) is 0 Å². The summed E-state index contributed by atoms with van der Waals surface area (Å²) < 4.78 is 0. The van der Waals surface area contributed by atoms with E-state index in [4.69, 9.17) is 0 Å². The van der Waals surface area contributed by atoms with Crippen LogP contribution in [0.2, 0.25) is 0 Å². The lowest BCUT2D eigenvalue weighted by Gasteiger charge is -2.38. The van der Waals surface area contributed by atoms with Gasteiger partial charge in [-0.2, -0.15) is 0 Å². The number of hydrogen-bond acceptors (Lipinski definition) is 2. The molecule has 2 aliphatic rings. The van der Waals surface area contributed by atoms with Gasteiger partial charge in [0.25, 0.3) is 0 Å². The molecule has 1 aromatic carbocycles. The summed E-state index contributed by atoms with van der Waals surface area (Å²) in [7, 11) is 0. The average molecular weight is 217 g/mol. The Morgan fingerprint density at radius 2 is 1.94 bits per heavy atom. The highest BCUT2D eigenvalue weighted by Crippen LogP contribution is 2.48. The third kappa shape index (κ3) is 1.87. The minimum Gasteiger partial charge on any atom is -0.392 e. The molecule has 1 spiro atoms. The smallest absolute Gasteiger partial charge is 0.0668 e. The lowest BCUT2D eigenvalue weighted by molar-refractivity contribution is 0.0193. The Morgan fingerprint density at radius 1 is 1.19 bits per heavy atom. The first-order valence-corrected chi connectivity index (χ1v) is 6.26. The van der Waals surface area contributed by atoms with Crippen LogP contribution < -0.4 is 0 Å². The molecule has 1 aromatic rings. The summed E-state index contributed by atoms with van der Waals surface area (Å²) >= 11 is 0. The monoisotopic (exact) mass is 217 g/mol. The van der Waals surface area contributed by atoms with Crippen LogP contribution in [-0.4, -0.2) is 28.2 Å². The van der Waals surface area contributed by atoms with Crippen molar-refractivity contribution in [1.29, 1.82) is 0 Å². The van der Waals surface area contributed by atoms with Crippen LogP contribution in [0.1, 0.15) is 31.2 Å². The Hall–Kier alpha value is -0.860. The van der Waals surface area contributed by atoms with E-state index in [2.05, 4.69) is 35.2 Å². The molecule has 1 saturated heterocycles. The van der Waals surface area contributed by atoms with Crippen LogP contribution in [0, 0.1) is 0 Å². The Bertz CT molecular complexity index is 358. The van der Waals surface area contributed by atoms with Gasteiger partial charge in [-0.15, -0.1) is 0 Å². The van der Waals surface area contributed by atoms with Crippen molar-refractivity contribution in [3.8, 4) is 0 Å². The number of likely N-dealkylation sites (tertiary alicyclic amines) is 1. The first-order chi connectivity index (χ1) is 7.78. The number of rotatable bonds is 2. The lowest BCUT2D eigenvalue weighted by atomic mass is 9.97. The molecule has 1 saturated carbocycles. The Kier molecular flexibility index (Phi) is 2.49. The third-order valence-electron chi connectivity index (χ3n) is 4.09. The van der Waals surface area contributed by atoms with Gasteiger partial charge in [-0.25, -0.2) is 0 Å². The maximum Gasteiger partial charge on any atom is 0.0668 e. The van der Waals surface area contributed by atoms with E-state index in [-0.39, 0.29) is 6.10 Å². The van der Waals surface area contributed by atoms with Crippen LogP contribution in [0.15, 0.2) is 30.3 Å². The van der Waals surface area contributed by atoms with Gasteiger partial charge in [0.1, 0.15) is 0 Å². The van der Waals surface area contributed by atoms with Crippen molar-refractivity contribution in [1.82, 2.24) is 4.90 Å². The number of aliphatic hydroxyl groups is 1. The molecular weight excluding hydrogens is 198 g/mol. The van der Waals surface area contributed by atoms with E-state index in [9.17, 15) is 5.11 Å². The molecule has 1 aliphatic carbocycles. The van der Waals surface area contributed by atoms with E-state index in [1.165, 1.54) is 24.8 Å². The van der Waals surface area contributed by atoms with Gasteiger partial charge in [0.2, 0.25) is 0 Å². The first kappa shape index (κ1) is 10.3. The van der Waals surface area contributed by atoms with Gasteiger partial charge in [-0.1, -0.05) is 30.3 Å². The summed E-state index contributed by atoms with van der Waals surface area (Å²) in [4.78, 5) is 2.50. The average Bonchev–Trinajstić information content (AvgIpc) is 3.07. The molecule has 1 N–H and O–H groups in total. The van der Waals surface area contributed by atoms with Crippen molar-refractivity contribution >= 4 is 0 Å². The summed E-state index contributed by atoms with van der Waals surface area (Å²) in [5, 5.41) is 9.78. The summed E-state index contributed by atoms with van der Waals surface area (Å²) in [5.74, 6) is 0. The topological polar surface area (TPSA) is 23.5 Å². The third-order valence-corrected chi connectivity index (χ3v) is 4.09. The van der Waals surface area contributed by atoms with E-state index in [0.29, 0.717) is 5.54 Å². The van der Waals surface area contributed by atoms with Crippen molar-refractivity contribution in [3.05, 3.63) is 35.9 Å². The van der Waals surface area contributed by atoms with Crippen LogP contribution in [0.4, 0.5) is 0 Å². The molecule has 0 radical (unpaired) electrons. The Balaban J connectivity index is 1.73. The van der Waals surface area contributed by atoms with E-state index in [0.717, 1.165) is 19.5 Å². The van der Waals surface area contributed by atoms with Gasteiger partial charge < -0.3 is 5.11 Å². The first-order valence-electron chi connectivity index (χ1n) is 6.26. The summed E-state index contributed by atoms with van der Waals surface area (Å²) in [6, 6.07) is 10.6. The number of hydrogen-bond donors (Lipinski definition) is 1. The summed E-state index contributed by atoms with van der Waals surface area (Å²) in [6.07, 6.45) is 4.71. The predicted octanol–water partition coefficient (Wildman–Crippen LogP) is 2.18. The molecular formula is C14H19NO. The van der Waals surface area contributed by atoms with Gasteiger partial charge in [0.15, 0.2) is 0 Å². The SMILES string of the molecule is OC1CCC2(CC2)N(Cc2ccccc2)C1. The maximum atomic E-state index is 9.78. The minimum atomic E-state index is -0.116. The number of aliphatic hydroxyl groups excluding tert-OH is 1. The molecule has 1 atom stereocenters. The molecule has 3 rings (SSSR count). The van der Waals surface area contributed by atoms with Gasteiger partial charge in [-0.05, 0) is 31.2 Å². The molecule has 1 unspecified atom stereocenters.